The first-order chi connectivity index (χ1) is 14.5. The second kappa shape index (κ2) is 10.8. The molecule has 2 rings (SSSR count). The van der Waals surface area contributed by atoms with Gasteiger partial charge in [0.05, 0.1) is 35.5 Å². The van der Waals surface area contributed by atoms with Crippen molar-refractivity contribution < 1.29 is 33.3 Å². The number of ether oxygens (including phenoxy) is 5. The molecule has 2 aromatic rings. The van der Waals surface area contributed by atoms with Gasteiger partial charge in [0, 0.05) is 18.7 Å². The van der Waals surface area contributed by atoms with E-state index in [9.17, 15) is 9.59 Å². The molecule has 0 spiro atoms. The molecule has 0 fully saturated rings. The summed E-state index contributed by atoms with van der Waals surface area (Å²) in [7, 11) is 7.38. The Morgan fingerprint density at radius 2 is 1.17 bits per heavy atom. The zero-order valence-electron chi connectivity index (χ0n) is 17.7. The van der Waals surface area contributed by atoms with Crippen LogP contribution in [0.5, 0.6) is 28.7 Å². The van der Waals surface area contributed by atoms with Crippen LogP contribution in [0.4, 0.5) is 0 Å². The summed E-state index contributed by atoms with van der Waals surface area (Å²) in [6, 6.07) is 8.17. The number of carbonyl (C=O) groups excluding carboxylic acids is 2. The second-order valence-corrected chi connectivity index (χ2v) is 5.96. The highest BCUT2D eigenvalue weighted by atomic mass is 16.5. The fourth-order valence-electron chi connectivity index (χ4n) is 2.83. The number of amides is 2. The Labute approximate surface area is 175 Å². The summed E-state index contributed by atoms with van der Waals surface area (Å²) in [4.78, 5) is 25.0. The van der Waals surface area contributed by atoms with E-state index in [0.29, 0.717) is 39.9 Å². The number of nitrogens with one attached hydrogen (secondary N) is 2. The molecule has 0 atom stereocenters. The van der Waals surface area contributed by atoms with Crippen molar-refractivity contribution in [2.75, 3.05) is 48.6 Å². The van der Waals surface area contributed by atoms with Crippen molar-refractivity contribution in [1.82, 2.24) is 10.6 Å². The Kier molecular flexibility index (Phi) is 8.16. The standard InChI is InChI=1S/C21H26N2O7/c1-26-14-7-6-8-15(27-2)18(14)21(25)23-10-9-22-20(24)13-11-16(28-3)19(30-5)17(12-13)29-4/h6-8,11-12H,9-10H2,1-5H3,(H,22,24)(H,23,25). The van der Waals surface area contributed by atoms with Gasteiger partial charge in [-0.3, -0.25) is 9.59 Å². The Morgan fingerprint density at radius 1 is 0.700 bits per heavy atom. The van der Waals surface area contributed by atoms with Gasteiger partial charge in [-0.05, 0) is 24.3 Å². The predicted molar refractivity (Wildman–Crippen MR) is 110 cm³/mol. The lowest BCUT2D eigenvalue weighted by molar-refractivity contribution is 0.0923. The first-order valence-electron chi connectivity index (χ1n) is 9.08. The smallest absolute Gasteiger partial charge is 0.258 e. The minimum Gasteiger partial charge on any atom is -0.496 e. The SMILES string of the molecule is COc1cc(C(=O)NCCNC(=O)c2c(OC)cccc2OC)cc(OC)c1OC. The second-order valence-electron chi connectivity index (χ2n) is 5.96. The van der Waals surface area contributed by atoms with Gasteiger partial charge >= 0.3 is 0 Å². The lowest BCUT2D eigenvalue weighted by Crippen LogP contribution is -2.35. The van der Waals surface area contributed by atoms with Crippen LogP contribution < -0.4 is 34.3 Å². The highest BCUT2D eigenvalue weighted by Crippen LogP contribution is 2.38. The highest BCUT2D eigenvalue weighted by molar-refractivity contribution is 6.00. The van der Waals surface area contributed by atoms with Crippen molar-refractivity contribution in [3.8, 4) is 28.7 Å². The van der Waals surface area contributed by atoms with Crippen LogP contribution in [-0.4, -0.2) is 60.5 Å². The molecule has 0 unspecified atom stereocenters. The molecule has 162 valence electrons. The Morgan fingerprint density at radius 3 is 1.60 bits per heavy atom. The van der Waals surface area contributed by atoms with Crippen molar-refractivity contribution in [3.05, 3.63) is 41.5 Å². The van der Waals surface area contributed by atoms with Crippen molar-refractivity contribution in [2.24, 2.45) is 0 Å². The molecule has 0 aliphatic carbocycles. The molecule has 9 heteroatoms. The van der Waals surface area contributed by atoms with E-state index < -0.39 is 0 Å². The summed E-state index contributed by atoms with van der Waals surface area (Å²) in [6.07, 6.45) is 0. The average Bonchev–Trinajstić information content (AvgIpc) is 2.79. The molecule has 2 amide bonds. The summed E-state index contributed by atoms with van der Waals surface area (Å²) < 4.78 is 26.2. The van der Waals surface area contributed by atoms with Crippen molar-refractivity contribution >= 4 is 11.8 Å². The summed E-state index contributed by atoms with van der Waals surface area (Å²) >= 11 is 0. The van der Waals surface area contributed by atoms with E-state index in [4.69, 9.17) is 23.7 Å². The Bertz CT molecular complexity index is 852. The number of hydrogen-bond acceptors (Lipinski definition) is 7. The van der Waals surface area contributed by atoms with E-state index in [-0.39, 0.29) is 24.9 Å². The maximum absolute atomic E-state index is 12.5. The van der Waals surface area contributed by atoms with Gasteiger partial charge in [-0.2, -0.15) is 0 Å². The van der Waals surface area contributed by atoms with Crippen LogP contribution >= 0.6 is 0 Å². The summed E-state index contributed by atoms with van der Waals surface area (Å²) in [5, 5.41) is 5.47. The molecular formula is C21H26N2O7. The summed E-state index contributed by atoms with van der Waals surface area (Å²) in [5.41, 5.74) is 0.626. The van der Waals surface area contributed by atoms with E-state index >= 15 is 0 Å². The lowest BCUT2D eigenvalue weighted by atomic mass is 10.1. The number of carbonyl (C=O) groups is 2. The third kappa shape index (κ3) is 5.05. The number of hydrogen-bond donors (Lipinski definition) is 2. The van der Waals surface area contributed by atoms with Crippen LogP contribution in [0, 0.1) is 0 Å². The summed E-state index contributed by atoms with van der Waals surface area (Å²) in [5.74, 6) is 1.22. The van der Waals surface area contributed by atoms with E-state index in [1.807, 2.05) is 0 Å². The molecule has 0 saturated heterocycles. The first-order valence-corrected chi connectivity index (χ1v) is 9.08. The van der Waals surface area contributed by atoms with Gasteiger partial charge in [-0.25, -0.2) is 0 Å². The minimum atomic E-state index is -0.369. The number of rotatable bonds is 10. The molecule has 0 bridgehead atoms. The average molecular weight is 418 g/mol. The Hall–Kier alpha value is -3.62. The molecule has 0 saturated carbocycles. The number of methoxy groups -OCH3 is 5. The zero-order valence-corrected chi connectivity index (χ0v) is 17.7. The van der Waals surface area contributed by atoms with Gasteiger partial charge in [0.15, 0.2) is 11.5 Å². The predicted octanol–water partition coefficient (Wildman–Crippen LogP) is 1.89. The van der Waals surface area contributed by atoms with Crippen LogP contribution in [0.2, 0.25) is 0 Å². The molecule has 0 aliphatic rings. The fraction of sp³-hybridized carbons (Fsp3) is 0.333. The van der Waals surface area contributed by atoms with Crippen molar-refractivity contribution in [3.63, 3.8) is 0 Å². The van der Waals surface area contributed by atoms with Crippen LogP contribution in [0.25, 0.3) is 0 Å². The molecule has 0 heterocycles. The van der Waals surface area contributed by atoms with Crippen LogP contribution in [0.15, 0.2) is 30.3 Å². The first kappa shape index (κ1) is 22.7. The topological polar surface area (TPSA) is 104 Å². The van der Waals surface area contributed by atoms with Gasteiger partial charge in [-0.1, -0.05) is 6.07 Å². The van der Waals surface area contributed by atoms with Crippen LogP contribution in [0.3, 0.4) is 0 Å². The van der Waals surface area contributed by atoms with Gasteiger partial charge in [0.25, 0.3) is 11.8 Å². The molecule has 9 nitrogen and oxygen atoms in total. The normalized spacial score (nSPS) is 10.0. The molecule has 0 aromatic heterocycles. The zero-order chi connectivity index (χ0) is 22.1. The van der Waals surface area contributed by atoms with Crippen molar-refractivity contribution in [2.45, 2.75) is 0 Å². The van der Waals surface area contributed by atoms with Gasteiger partial charge in [0.1, 0.15) is 17.1 Å². The Balaban J connectivity index is 2.00. The molecule has 0 aliphatic heterocycles. The van der Waals surface area contributed by atoms with Gasteiger partial charge in [0.2, 0.25) is 5.75 Å². The molecule has 2 aromatic carbocycles. The van der Waals surface area contributed by atoms with E-state index in [1.165, 1.54) is 35.5 Å². The molecule has 2 N–H and O–H groups in total. The summed E-state index contributed by atoms with van der Waals surface area (Å²) in [6.45, 7) is 0.412. The van der Waals surface area contributed by atoms with Gasteiger partial charge in [-0.15, -0.1) is 0 Å². The molecular weight excluding hydrogens is 392 g/mol. The maximum atomic E-state index is 12.5. The van der Waals surface area contributed by atoms with Crippen LogP contribution in [-0.2, 0) is 0 Å². The van der Waals surface area contributed by atoms with Gasteiger partial charge < -0.3 is 34.3 Å². The largest absolute Gasteiger partial charge is 0.496 e. The van der Waals surface area contributed by atoms with Crippen LogP contribution in [0.1, 0.15) is 20.7 Å². The van der Waals surface area contributed by atoms with Crippen molar-refractivity contribution in [1.29, 1.82) is 0 Å². The molecule has 30 heavy (non-hydrogen) atoms. The third-order valence-corrected chi connectivity index (χ3v) is 4.28. The fourth-order valence-corrected chi connectivity index (χ4v) is 2.83. The third-order valence-electron chi connectivity index (χ3n) is 4.28. The van der Waals surface area contributed by atoms with E-state index in [2.05, 4.69) is 10.6 Å². The van der Waals surface area contributed by atoms with E-state index in [1.54, 1.807) is 30.3 Å². The van der Waals surface area contributed by atoms with E-state index in [0.717, 1.165) is 0 Å². The monoisotopic (exact) mass is 418 g/mol. The number of benzene rings is 2. The minimum absolute atomic E-state index is 0.205. The highest BCUT2D eigenvalue weighted by Gasteiger charge is 2.19. The molecule has 0 radical (unpaired) electrons. The maximum Gasteiger partial charge on any atom is 0.258 e. The quantitative estimate of drug-likeness (QED) is 0.568. The lowest BCUT2D eigenvalue weighted by Gasteiger charge is -2.15.